The summed E-state index contributed by atoms with van der Waals surface area (Å²) in [5.74, 6) is -0.217. The quantitative estimate of drug-likeness (QED) is 0.833. The summed E-state index contributed by atoms with van der Waals surface area (Å²) in [6.07, 6.45) is 0.642. The summed E-state index contributed by atoms with van der Waals surface area (Å²) in [5, 5.41) is 0. The van der Waals surface area contributed by atoms with Gasteiger partial charge in [0.25, 0.3) is 0 Å². The molecule has 16 heavy (non-hydrogen) atoms. The van der Waals surface area contributed by atoms with Crippen LogP contribution < -0.4 is 5.73 Å². The third-order valence-corrected chi connectivity index (χ3v) is 3.12. The first-order chi connectivity index (χ1) is 7.66. The lowest BCUT2D eigenvalue weighted by molar-refractivity contribution is 0.626. The van der Waals surface area contributed by atoms with Gasteiger partial charge in [0.1, 0.15) is 5.82 Å². The fourth-order valence-corrected chi connectivity index (χ4v) is 2.01. The van der Waals surface area contributed by atoms with Crippen molar-refractivity contribution in [2.75, 3.05) is 5.73 Å². The lowest BCUT2D eigenvalue weighted by Gasteiger charge is -2.07. The fourth-order valence-electron chi connectivity index (χ4n) is 1.60. The van der Waals surface area contributed by atoms with Gasteiger partial charge in [0.05, 0.1) is 0 Å². The molecule has 0 amide bonds. The Morgan fingerprint density at radius 2 is 1.88 bits per heavy atom. The highest BCUT2D eigenvalue weighted by Crippen LogP contribution is 2.25. The maximum atomic E-state index is 13.0. The molecular formula is C13H11BrFN. The van der Waals surface area contributed by atoms with E-state index >= 15 is 0 Å². The van der Waals surface area contributed by atoms with Crippen molar-refractivity contribution in [1.29, 1.82) is 0 Å². The summed E-state index contributed by atoms with van der Waals surface area (Å²) in [7, 11) is 0. The smallest absolute Gasteiger partial charge is 0.123 e. The molecule has 3 heteroatoms. The molecule has 0 aromatic heterocycles. The topological polar surface area (TPSA) is 26.0 Å². The minimum Gasteiger partial charge on any atom is -0.398 e. The third kappa shape index (κ3) is 2.42. The Morgan fingerprint density at radius 1 is 1.12 bits per heavy atom. The molecule has 0 spiro atoms. The number of anilines is 1. The van der Waals surface area contributed by atoms with Crippen molar-refractivity contribution in [2.24, 2.45) is 0 Å². The zero-order valence-corrected chi connectivity index (χ0v) is 10.2. The first-order valence-electron chi connectivity index (χ1n) is 4.94. The van der Waals surface area contributed by atoms with Crippen LogP contribution in [0.3, 0.4) is 0 Å². The molecule has 2 N–H and O–H groups in total. The van der Waals surface area contributed by atoms with E-state index in [2.05, 4.69) is 15.9 Å². The molecule has 0 saturated heterocycles. The second kappa shape index (κ2) is 4.66. The number of nitrogen functional groups attached to an aromatic ring is 1. The van der Waals surface area contributed by atoms with Crippen LogP contribution in [0.5, 0.6) is 0 Å². The molecule has 0 radical (unpaired) electrons. The standard InChI is InChI=1S/C13H11BrFN/c14-12-6-2-4-10(13(12)16)7-9-3-1-5-11(15)8-9/h1-6,8H,7,16H2. The Balaban J connectivity index is 2.31. The van der Waals surface area contributed by atoms with Crippen LogP contribution in [-0.2, 0) is 6.42 Å². The monoisotopic (exact) mass is 279 g/mol. The van der Waals surface area contributed by atoms with Gasteiger partial charge in [0.2, 0.25) is 0 Å². The number of rotatable bonds is 2. The van der Waals surface area contributed by atoms with E-state index in [4.69, 9.17) is 5.73 Å². The lowest BCUT2D eigenvalue weighted by Crippen LogP contribution is -1.96. The summed E-state index contributed by atoms with van der Waals surface area (Å²) in [5.41, 5.74) is 8.56. The predicted molar refractivity (Wildman–Crippen MR) is 67.8 cm³/mol. The zero-order valence-electron chi connectivity index (χ0n) is 8.58. The number of halogens is 2. The fraction of sp³-hybridized carbons (Fsp3) is 0.0769. The van der Waals surface area contributed by atoms with Gasteiger partial charge in [0, 0.05) is 10.2 Å². The summed E-state index contributed by atoms with van der Waals surface area (Å²) < 4.78 is 13.9. The number of hydrogen-bond acceptors (Lipinski definition) is 1. The molecule has 0 saturated carbocycles. The zero-order chi connectivity index (χ0) is 11.5. The molecule has 0 atom stereocenters. The first-order valence-corrected chi connectivity index (χ1v) is 5.73. The average Bonchev–Trinajstić information content (AvgIpc) is 2.25. The molecule has 2 aromatic rings. The number of para-hydroxylation sites is 1. The van der Waals surface area contributed by atoms with Crippen molar-refractivity contribution in [2.45, 2.75) is 6.42 Å². The second-order valence-electron chi connectivity index (χ2n) is 3.62. The van der Waals surface area contributed by atoms with Crippen LogP contribution in [0.15, 0.2) is 46.9 Å². The molecule has 0 aliphatic carbocycles. The van der Waals surface area contributed by atoms with Crippen molar-refractivity contribution in [3.63, 3.8) is 0 Å². The average molecular weight is 280 g/mol. The van der Waals surface area contributed by atoms with Crippen molar-refractivity contribution in [3.05, 3.63) is 63.9 Å². The maximum Gasteiger partial charge on any atom is 0.123 e. The summed E-state index contributed by atoms with van der Waals surface area (Å²) in [6, 6.07) is 12.3. The largest absolute Gasteiger partial charge is 0.398 e. The molecule has 0 bridgehead atoms. The van der Waals surface area contributed by atoms with Gasteiger partial charge >= 0.3 is 0 Å². The SMILES string of the molecule is Nc1c(Br)cccc1Cc1cccc(F)c1. The minimum absolute atomic E-state index is 0.217. The van der Waals surface area contributed by atoms with Crippen molar-refractivity contribution >= 4 is 21.6 Å². The van der Waals surface area contributed by atoms with Crippen molar-refractivity contribution < 1.29 is 4.39 Å². The van der Waals surface area contributed by atoms with Gasteiger partial charge in [0.15, 0.2) is 0 Å². The van der Waals surface area contributed by atoms with Crippen LogP contribution in [0.25, 0.3) is 0 Å². The van der Waals surface area contributed by atoms with Crippen molar-refractivity contribution in [3.8, 4) is 0 Å². The van der Waals surface area contributed by atoms with E-state index in [0.717, 1.165) is 15.6 Å². The van der Waals surface area contributed by atoms with Crippen LogP contribution in [0.2, 0.25) is 0 Å². The highest BCUT2D eigenvalue weighted by atomic mass is 79.9. The van der Waals surface area contributed by atoms with E-state index in [1.54, 1.807) is 6.07 Å². The predicted octanol–water partition coefficient (Wildman–Crippen LogP) is 3.76. The van der Waals surface area contributed by atoms with Gasteiger partial charge in [-0.2, -0.15) is 0 Å². The molecule has 0 unspecified atom stereocenters. The van der Waals surface area contributed by atoms with Gasteiger partial charge in [-0.15, -0.1) is 0 Å². The summed E-state index contributed by atoms with van der Waals surface area (Å²) in [6.45, 7) is 0. The van der Waals surface area contributed by atoms with Gasteiger partial charge in [-0.25, -0.2) is 4.39 Å². The van der Waals surface area contributed by atoms with Gasteiger partial charge < -0.3 is 5.73 Å². The number of hydrogen-bond donors (Lipinski definition) is 1. The number of nitrogens with two attached hydrogens (primary N) is 1. The van der Waals surface area contributed by atoms with E-state index in [1.807, 2.05) is 24.3 Å². The Hall–Kier alpha value is -1.35. The van der Waals surface area contributed by atoms with Crippen LogP contribution >= 0.6 is 15.9 Å². The molecule has 2 rings (SSSR count). The Bertz CT molecular complexity index is 511. The molecular weight excluding hydrogens is 269 g/mol. The van der Waals surface area contributed by atoms with Crippen molar-refractivity contribution in [1.82, 2.24) is 0 Å². The summed E-state index contributed by atoms with van der Waals surface area (Å²) in [4.78, 5) is 0. The lowest BCUT2D eigenvalue weighted by atomic mass is 10.0. The first kappa shape index (κ1) is 11.1. The van der Waals surface area contributed by atoms with Crippen LogP contribution in [0.4, 0.5) is 10.1 Å². The normalized spacial score (nSPS) is 10.4. The Morgan fingerprint density at radius 3 is 2.62 bits per heavy atom. The van der Waals surface area contributed by atoms with Gasteiger partial charge in [-0.3, -0.25) is 0 Å². The minimum atomic E-state index is -0.217. The molecule has 2 aromatic carbocycles. The van der Waals surface area contributed by atoms with E-state index < -0.39 is 0 Å². The van der Waals surface area contributed by atoms with Crippen LogP contribution in [0, 0.1) is 5.82 Å². The van der Waals surface area contributed by atoms with E-state index in [-0.39, 0.29) is 5.82 Å². The summed E-state index contributed by atoms with van der Waals surface area (Å²) >= 11 is 3.37. The van der Waals surface area contributed by atoms with Crippen LogP contribution in [0.1, 0.15) is 11.1 Å². The van der Waals surface area contributed by atoms with Gasteiger partial charge in [-0.05, 0) is 51.7 Å². The molecule has 0 aliphatic heterocycles. The molecule has 82 valence electrons. The third-order valence-electron chi connectivity index (χ3n) is 2.43. The molecule has 0 aliphatic rings. The molecule has 0 heterocycles. The Kier molecular flexibility index (Phi) is 3.25. The highest BCUT2D eigenvalue weighted by molar-refractivity contribution is 9.10. The van der Waals surface area contributed by atoms with E-state index in [9.17, 15) is 4.39 Å². The van der Waals surface area contributed by atoms with Crippen LogP contribution in [-0.4, -0.2) is 0 Å². The Labute approximate surface area is 102 Å². The molecule has 0 fully saturated rings. The molecule has 1 nitrogen and oxygen atoms in total. The maximum absolute atomic E-state index is 13.0. The highest BCUT2D eigenvalue weighted by Gasteiger charge is 2.04. The second-order valence-corrected chi connectivity index (χ2v) is 4.47. The van der Waals surface area contributed by atoms with E-state index in [0.29, 0.717) is 12.1 Å². The van der Waals surface area contributed by atoms with Gasteiger partial charge in [-0.1, -0.05) is 24.3 Å². The number of benzene rings is 2. The van der Waals surface area contributed by atoms with E-state index in [1.165, 1.54) is 12.1 Å².